The van der Waals surface area contributed by atoms with Gasteiger partial charge in [0.2, 0.25) is 0 Å². The Morgan fingerprint density at radius 2 is 1.86 bits per heavy atom. The number of rotatable bonds is 5. The molecule has 4 heteroatoms. The number of benzene rings is 1. The highest BCUT2D eigenvalue weighted by Gasteiger charge is 2.17. The average molecular weight is 297 g/mol. The molecule has 0 amide bonds. The fraction of sp³-hybridized carbons (Fsp3) is 0.389. The number of para-hydroxylation sites is 1. The molecule has 1 fully saturated rings. The number of likely N-dealkylation sites (tertiary alicyclic amines) is 1. The van der Waals surface area contributed by atoms with Crippen LogP contribution in [0.5, 0.6) is 0 Å². The second kappa shape index (κ2) is 7.38. The molecule has 1 saturated heterocycles. The van der Waals surface area contributed by atoms with E-state index in [1.54, 1.807) is 0 Å². The summed E-state index contributed by atoms with van der Waals surface area (Å²) in [6.07, 6.45) is 3.46. The van der Waals surface area contributed by atoms with Crippen molar-refractivity contribution in [3.05, 3.63) is 59.9 Å². The molecule has 2 aromatic rings. The Balaban J connectivity index is 1.62. The van der Waals surface area contributed by atoms with E-state index in [4.69, 9.17) is 0 Å². The zero-order valence-corrected chi connectivity index (χ0v) is 12.8. The lowest BCUT2D eigenvalue weighted by atomic mass is 10.1. The summed E-state index contributed by atoms with van der Waals surface area (Å²) in [7, 11) is 0. The SMILES string of the molecule is OC1CCN(Cc2ccccc2NCc2ccccn2)CC1. The van der Waals surface area contributed by atoms with Gasteiger partial charge in [0.25, 0.3) is 0 Å². The first kappa shape index (κ1) is 15.0. The quantitative estimate of drug-likeness (QED) is 0.891. The van der Waals surface area contributed by atoms with Crippen molar-refractivity contribution in [1.82, 2.24) is 9.88 Å². The molecule has 3 rings (SSSR count). The van der Waals surface area contributed by atoms with Crippen molar-refractivity contribution >= 4 is 5.69 Å². The molecule has 2 N–H and O–H groups in total. The Hall–Kier alpha value is -1.91. The van der Waals surface area contributed by atoms with Crippen molar-refractivity contribution in [1.29, 1.82) is 0 Å². The maximum absolute atomic E-state index is 9.61. The van der Waals surface area contributed by atoms with Gasteiger partial charge in [0, 0.05) is 31.5 Å². The molecule has 0 bridgehead atoms. The molecule has 0 aliphatic carbocycles. The van der Waals surface area contributed by atoms with Gasteiger partial charge in [0.05, 0.1) is 18.3 Å². The molecule has 1 aromatic heterocycles. The predicted molar refractivity (Wildman–Crippen MR) is 88.5 cm³/mol. The Kier molecular flexibility index (Phi) is 5.03. The zero-order chi connectivity index (χ0) is 15.2. The molecule has 1 aliphatic heterocycles. The third kappa shape index (κ3) is 4.06. The average Bonchev–Trinajstić information content (AvgIpc) is 2.57. The standard InChI is InChI=1S/C18H23N3O/c22-17-8-11-21(12-9-17)14-15-5-1-2-7-18(15)20-13-16-6-3-4-10-19-16/h1-7,10,17,20,22H,8-9,11-14H2. The van der Waals surface area contributed by atoms with Crippen LogP contribution in [0.1, 0.15) is 24.1 Å². The molecule has 0 atom stereocenters. The second-order valence-corrected chi connectivity index (χ2v) is 5.84. The van der Waals surface area contributed by atoms with Crippen molar-refractivity contribution in [3.63, 3.8) is 0 Å². The zero-order valence-electron chi connectivity index (χ0n) is 12.8. The number of aliphatic hydroxyl groups excluding tert-OH is 1. The molecular formula is C18H23N3O. The van der Waals surface area contributed by atoms with Gasteiger partial charge in [-0.15, -0.1) is 0 Å². The maximum atomic E-state index is 9.61. The molecule has 0 saturated carbocycles. The van der Waals surface area contributed by atoms with Crippen LogP contribution in [0.2, 0.25) is 0 Å². The fourth-order valence-corrected chi connectivity index (χ4v) is 2.84. The Bertz CT molecular complexity index is 580. The Morgan fingerprint density at radius 1 is 1.09 bits per heavy atom. The number of aliphatic hydroxyl groups is 1. The van der Waals surface area contributed by atoms with E-state index in [1.807, 2.05) is 24.4 Å². The Labute approximate surface area is 131 Å². The van der Waals surface area contributed by atoms with E-state index >= 15 is 0 Å². The van der Waals surface area contributed by atoms with E-state index in [0.29, 0.717) is 0 Å². The van der Waals surface area contributed by atoms with Crippen molar-refractivity contribution < 1.29 is 5.11 Å². The minimum atomic E-state index is -0.117. The van der Waals surface area contributed by atoms with E-state index in [-0.39, 0.29) is 6.10 Å². The van der Waals surface area contributed by atoms with Gasteiger partial charge in [-0.3, -0.25) is 9.88 Å². The summed E-state index contributed by atoms with van der Waals surface area (Å²) >= 11 is 0. The minimum Gasteiger partial charge on any atom is -0.393 e. The largest absolute Gasteiger partial charge is 0.393 e. The number of piperidine rings is 1. The summed E-state index contributed by atoms with van der Waals surface area (Å²) in [6.45, 7) is 3.60. The van der Waals surface area contributed by atoms with Crippen LogP contribution in [-0.2, 0) is 13.1 Å². The van der Waals surface area contributed by atoms with Crippen LogP contribution < -0.4 is 5.32 Å². The van der Waals surface area contributed by atoms with Crippen LogP contribution in [0, 0.1) is 0 Å². The van der Waals surface area contributed by atoms with Gasteiger partial charge >= 0.3 is 0 Å². The van der Waals surface area contributed by atoms with E-state index in [9.17, 15) is 5.11 Å². The maximum Gasteiger partial charge on any atom is 0.0594 e. The lowest BCUT2D eigenvalue weighted by Gasteiger charge is -2.30. The first-order valence-corrected chi connectivity index (χ1v) is 7.93. The summed E-state index contributed by atoms with van der Waals surface area (Å²) in [5.74, 6) is 0. The monoisotopic (exact) mass is 297 g/mol. The van der Waals surface area contributed by atoms with Crippen LogP contribution in [-0.4, -0.2) is 34.2 Å². The van der Waals surface area contributed by atoms with E-state index in [0.717, 1.165) is 44.7 Å². The lowest BCUT2D eigenvalue weighted by Crippen LogP contribution is -2.35. The number of nitrogens with zero attached hydrogens (tertiary/aromatic N) is 2. The molecule has 22 heavy (non-hydrogen) atoms. The summed E-state index contributed by atoms with van der Waals surface area (Å²) in [5.41, 5.74) is 3.51. The second-order valence-electron chi connectivity index (χ2n) is 5.84. The van der Waals surface area contributed by atoms with Gasteiger partial charge in [0.15, 0.2) is 0 Å². The molecule has 0 unspecified atom stereocenters. The number of aromatic nitrogens is 1. The summed E-state index contributed by atoms with van der Waals surface area (Å²) in [4.78, 5) is 6.76. The van der Waals surface area contributed by atoms with Gasteiger partial charge in [-0.25, -0.2) is 0 Å². The van der Waals surface area contributed by atoms with Crippen LogP contribution in [0.25, 0.3) is 0 Å². The van der Waals surface area contributed by atoms with Crippen LogP contribution >= 0.6 is 0 Å². The van der Waals surface area contributed by atoms with Crippen molar-refractivity contribution in [2.45, 2.75) is 32.0 Å². The number of hydrogen-bond donors (Lipinski definition) is 2. The van der Waals surface area contributed by atoms with Crippen LogP contribution in [0.15, 0.2) is 48.7 Å². The third-order valence-electron chi connectivity index (χ3n) is 4.15. The minimum absolute atomic E-state index is 0.117. The fourth-order valence-electron chi connectivity index (χ4n) is 2.84. The number of anilines is 1. The molecule has 2 heterocycles. The molecule has 116 valence electrons. The smallest absolute Gasteiger partial charge is 0.0594 e. The van der Waals surface area contributed by atoms with Crippen LogP contribution in [0.3, 0.4) is 0 Å². The summed E-state index contributed by atoms with van der Waals surface area (Å²) < 4.78 is 0. The lowest BCUT2D eigenvalue weighted by molar-refractivity contribution is 0.0793. The first-order chi connectivity index (χ1) is 10.8. The van der Waals surface area contributed by atoms with Crippen LogP contribution in [0.4, 0.5) is 5.69 Å². The van der Waals surface area contributed by atoms with E-state index in [2.05, 4.69) is 39.5 Å². The van der Waals surface area contributed by atoms with Gasteiger partial charge in [-0.05, 0) is 36.6 Å². The molecule has 1 aliphatic rings. The topological polar surface area (TPSA) is 48.4 Å². The van der Waals surface area contributed by atoms with Crippen molar-refractivity contribution in [3.8, 4) is 0 Å². The molecular weight excluding hydrogens is 274 g/mol. The molecule has 0 spiro atoms. The summed E-state index contributed by atoms with van der Waals surface area (Å²) in [5, 5.41) is 13.1. The highest BCUT2D eigenvalue weighted by Crippen LogP contribution is 2.20. The molecule has 1 aromatic carbocycles. The number of pyridine rings is 1. The van der Waals surface area contributed by atoms with E-state index in [1.165, 1.54) is 11.3 Å². The first-order valence-electron chi connectivity index (χ1n) is 7.93. The van der Waals surface area contributed by atoms with Crippen molar-refractivity contribution in [2.75, 3.05) is 18.4 Å². The highest BCUT2D eigenvalue weighted by atomic mass is 16.3. The van der Waals surface area contributed by atoms with Gasteiger partial charge in [-0.2, -0.15) is 0 Å². The third-order valence-corrected chi connectivity index (χ3v) is 4.15. The van der Waals surface area contributed by atoms with Gasteiger partial charge in [-0.1, -0.05) is 24.3 Å². The molecule has 4 nitrogen and oxygen atoms in total. The number of hydrogen-bond acceptors (Lipinski definition) is 4. The van der Waals surface area contributed by atoms with E-state index < -0.39 is 0 Å². The molecule has 0 radical (unpaired) electrons. The Morgan fingerprint density at radius 3 is 2.64 bits per heavy atom. The van der Waals surface area contributed by atoms with Gasteiger partial charge in [0.1, 0.15) is 0 Å². The van der Waals surface area contributed by atoms with Gasteiger partial charge < -0.3 is 10.4 Å². The summed E-state index contributed by atoms with van der Waals surface area (Å²) in [6, 6.07) is 14.4. The normalized spacial score (nSPS) is 16.6. The van der Waals surface area contributed by atoms with Crippen molar-refractivity contribution in [2.24, 2.45) is 0 Å². The predicted octanol–water partition coefficient (Wildman–Crippen LogP) is 2.65. The number of nitrogens with one attached hydrogen (secondary N) is 1. The highest BCUT2D eigenvalue weighted by molar-refractivity contribution is 5.51.